The molecule has 0 saturated heterocycles. The number of benzene rings is 2. The first-order valence-electron chi connectivity index (χ1n) is 8.55. The predicted molar refractivity (Wildman–Crippen MR) is 122 cm³/mol. The van der Waals surface area contributed by atoms with E-state index in [0.717, 1.165) is 5.69 Å². The second-order valence-corrected chi connectivity index (χ2v) is 9.19. The maximum absolute atomic E-state index is 12.9. The van der Waals surface area contributed by atoms with Gasteiger partial charge in [0.15, 0.2) is 20.5 Å². The van der Waals surface area contributed by atoms with Crippen LogP contribution >= 0.6 is 46.9 Å². The summed E-state index contributed by atoms with van der Waals surface area (Å²) in [6, 6.07) is 16.3. The molecule has 0 unspecified atom stereocenters. The predicted octanol–water partition coefficient (Wildman–Crippen LogP) is 5.14. The van der Waals surface area contributed by atoms with Gasteiger partial charge in [-0.15, -0.1) is 0 Å². The Morgan fingerprint density at radius 3 is 2.55 bits per heavy atom. The van der Waals surface area contributed by atoms with E-state index in [1.807, 2.05) is 30.3 Å². The number of aromatic nitrogens is 3. The van der Waals surface area contributed by atoms with Gasteiger partial charge in [-0.25, -0.2) is 4.98 Å². The molecule has 0 bridgehead atoms. The highest BCUT2D eigenvalue weighted by Gasteiger charge is 2.17. The third-order valence-corrected chi connectivity index (χ3v) is 6.92. The SMILES string of the molecule is Cn1c(SCC(=O)c2ccc(Cl)cc2)nc2c(sc(=S)n2-c2ccccc2)c1=O. The first kappa shape index (κ1) is 20.0. The van der Waals surface area contributed by atoms with Gasteiger partial charge in [-0.3, -0.25) is 18.7 Å². The van der Waals surface area contributed by atoms with Crippen molar-refractivity contribution >= 4 is 63.0 Å². The van der Waals surface area contributed by atoms with Crippen molar-refractivity contribution in [1.29, 1.82) is 0 Å². The summed E-state index contributed by atoms with van der Waals surface area (Å²) in [6.07, 6.45) is 0. The van der Waals surface area contributed by atoms with Crippen LogP contribution in [0.2, 0.25) is 5.02 Å². The van der Waals surface area contributed by atoms with E-state index in [4.69, 9.17) is 23.8 Å². The summed E-state index contributed by atoms with van der Waals surface area (Å²) >= 11 is 13.8. The fourth-order valence-corrected chi connectivity index (χ4v) is 5.13. The number of Topliss-reactive ketones (excluding diaryl/α,β-unsaturated/α-hetero) is 1. The quantitative estimate of drug-likeness (QED) is 0.179. The van der Waals surface area contributed by atoms with Crippen molar-refractivity contribution in [3.63, 3.8) is 0 Å². The Labute approximate surface area is 184 Å². The summed E-state index contributed by atoms with van der Waals surface area (Å²) in [5.41, 5.74) is 1.74. The lowest BCUT2D eigenvalue weighted by Gasteiger charge is -2.09. The fraction of sp³-hybridized carbons (Fsp3) is 0.100. The second-order valence-electron chi connectivity index (χ2n) is 6.17. The molecular formula is C20H14ClN3O2S3. The molecule has 0 aliphatic carbocycles. The van der Waals surface area contributed by atoms with Gasteiger partial charge in [-0.1, -0.05) is 52.9 Å². The highest BCUT2D eigenvalue weighted by atomic mass is 35.5. The van der Waals surface area contributed by atoms with Crippen molar-refractivity contribution in [2.75, 3.05) is 5.75 Å². The van der Waals surface area contributed by atoms with Crippen molar-refractivity contribution in [2.45, 2.75) is 5.16 Å². The Bertz CT molecular complexity index is 1330. The number of halogens is 1. The van der Waals surface area contributed by atoms with E-state index >= 15 is 0 Å². The normalized spacial score (nSPS) is 11.1. The Kier molecular flexibility index (Phi) is 5.69. The van der Waals surface area contributed by atoms with Crippen LogP contribution in [0.4, 0.5) is 0 Å². The zero-order valence-electron chi connectivity index (χ0n) is 15.2. The maximum atomic E-state index is 12.9. The summed E-state index contributed by atoms with van der Waals surface area (Å²) < 4.78 is 4.30. The molecule has 29 heavy (non-hydrogen) atoms. The molecule has 0 radical (unpaired) electrons. The van der Waals surface area contributed by atoms with Crippen LogP contribution in [0.25, 0.3) is 16.0 Å². The van der Waals surface area contributed by atoms with E-state index in [2.05, 4.69) is 4.98 Å². The van der Waals surface area contributed by atoms with E-state index in [9.17, 15) is 9.59 Å². The third-order valence-electron chi connectivity index (χ3n) is 4.29. The number of thiazole rings is 1. The van der Waals surface area contributed by atoms with E-state index in [0.29, 0.717) is 30.0 Å². The Balaban J connectivity index is 1.72. The summed E-state index contributed by atoms with van der Waals surface area (Å²) in [6.45, 7) is 0. The zero-order chi connectivity index (χ0) is 20.5. The van der Waals surface area contributed by atoms with Crippen LogP contribution in [0, 0.1) is 3.95 Å². The lowest BCUT2D eigenvalue weighted by molar-refractivity contribution is 0.102. The highest BCUT2D eigenvalue weighted by molar-refractivity contribution is 7.99. The first-order valence-corrected chi connectivity index (χ1v) is 11.1. The molecule has 0 aliphatic rings. The molecule has 9 heteroatoms. The van der Waals surface area contributed by atoms with Gasteiger partial charge in [0.1, 0.15) is 4.70 Å². The largest absolute Gasteiger partial charge is 0.293 e. The Hall–Kier alpha value is -2.26. The average Bonchev–Trinajstić information content (AvgIpc) is 3.06. The molecule has 5 nitrogen and oxygen atoms in total. The van der Waals surface area contributed by atoms with Gasteiger partial charge in [0.25, 0.3) is 5.56 Å². The van der Waals surface area contributed by atoms with Crippen LogP contribution in [0.5, 0.6) is 0 Å². The smallest absolute Gasteiger partial charge is 0.273 e. The van der Waals surface area contributed by atoms with Crippen LogP contribution in [0.1, 0.15) is 10.4 Å². The monoisotopic (exact) mass is 459 g/mol. The number of para-hydroxylation sites is 1. The zero-order valence-corrected chi connectivity index (χ0v) is 18.4. The van der Waals surface area contributed by atoms with Gasteiger partial charge < -0.3 is 0 Å². The Morgan fingerprint density at radius 2 is 1.86 bits per heavy atom. The van der Waals surface area contributed by atoms with Gasteiger partial charge >= 0.3 is 0 Å². The number of hydrogen-bond acceptors (Lipinski definition) is 6. The summed E-state index contributed by atoms with van der Waals surface area (Å²) in [5, 5.41) is 1.04. The summed E-state index contributed by atoms with van der Waals surface area (Å²) in [4.78, 5) is 30.0. The third kappa shape index (κ3) is 3.93. The minimum atomic E-state index is -0.178. The van der Waals surface area contributed by atoms with Crippen molar-refractivity contribution < 1.29 is 4.79 Å². The number of nitrogens with zero attached hydrogens (tertiary/aromatic N) is 3. The molecule has 0 saturated carbocycles. The lowest BCUT2D eigenvalue weighted by atomic mass is 10.1. The van der Waals surface area contributed by atoms with E-state index in [1.54, 1.807) is 35.9 Å². The number of fused-ring (bicyclic) bond motifs is 1. The van der Waals surface area contributed by atoms with Gasteiger partial charge in [0.2, 0.25) is 0 Å². The summed E-state index contributed by atoms with van der Waals surface area (Å²) in [7, 11) is 1.65. The molecule has 4 rings (SSSR count). The molecule has 0 amide bonds. The minimum Gasteiger partial charge on any atom is -0.293 e. The highest BCUT2D eigenvalue weighted by Crippen LogP contribution is 2.26. The van der Waals surface area contributed by atoms with Crippen molar-refractivity contribution in [1.82, 2.24) is 14.1 Å². The van der Waals surface area contributed by atoms with Crippen molar-refractivity contribution in [2.24, 2.45) is 7.05 Å². The van der Waals surface area contributed by atoms with Crippen LogP contribution in [-0.4, -0.2) is 25.7 Å². The molecule has 2 aromatic heterocycles. The van der Waals surface area contributed by atoms with Crippen LogP contribution in [0.15, 0.2) is 64.5 Å². The average molecular weight is 460 g/mol. The number of carbonyl (C=O) groups is 1. The van der Waals surface area contributed by atoms with Gasteiger partial charge in [-0.05, 0) is 48.6 Å². The van der Waals surface area contributed by atoms with Crippen LogP contribution in [-0.2, 0) is 7.05 Å². The number of rotatable bonds is 5. The first-order chi connectivity index (χ1) is 14.0. The second kappa shape index (κ2) is 8.23. The molecule has 0 fully saturated rings. The van der Waals surface area contributed by atoms with Crippen LogP contribution in [0.3, 0.4) is 0 Å². The van der Waals surface area contributed by atoms with Crippen molar-refractivity contribution in [3.05, 3.63) is 79.5 Å². The summed E-state index contributed by atoms with van der Waals surface area (Å²) in [5.74, 6) is 0.0927. The van der Waals surface area contributed by atoms with Gasteiger partial charge in [0, 0.05) is 23.3 Å². The molecule has 4 aromatic rings. The Morgan fingerprint density at radius 1 is 1.17 bits per heavy atom. The van der Waals surface area contributed by atoms with E-state index in [1.165, 1.54) is 27.7 Å². The number of ketones is 1. The molecule has 146 valence electrons. The number of carbonyl (C=O) groups excluding carboxylic acids is 1. The maximum Gasteiger partial charge on any atom is 0.273 e. The number of thioether (sulfide) groups is 1. The van der Waals surface area contributed by atoms with E-state index in [-0.39, 0.29) is 17.1 Å². The molecule has 2 heterocycles. The molecular weight excluding hydrogens is 446 g/mol. The topological polar surface area (TPSA) is 56.9 Å². The van der Waals surface area contributed by atoms with Crippen LogP contribution < -0.4 is 5.56 Å². The van der Waals surface area contributed by atoms with Gasteiger partial charge in [0.05, 0.1) is 5.75 Å². The molecule has 2 aromatic carbocycles. The molecule has 0 N–H and O–H groups in total. The molecule has 0 aliphatic heterocycles. The molecule has 0 spiro atoms. The minimum absolute atomic E-state index is 0.0637. The fourth-order valence-electron chi connectivity index (χ4n) is 2.79. The standard InChI is InChI=1S/C20H14ClN3O2S3/c1-23-18(26)16-17(24(20(27)29-16)14-5-3-2-4-6-14)22-19(23)28-11-15(25)12-7-9-13(21)10-8-12/h2-10H,11H2,1H3. The van der Waals surface area contributed by atoms with Gasteiger partial charge in [-0.2, -0.15) is 0 Å². The van der Waals surface area contributed by atoms with E-state index < -0.39 is 0 Å². The molecule has 0 atom stereocenters. The lowest BCUT2D eigenvalue weighted by Crippen LogP contribution is -2.20. The number of hydrogen-bond donors (Lipinski definition) is 0. The van der Waals surface area contributed by atoms with Crippen molar-refractivity contribution in [3.8, 4) is 5.69 Å².